The van der Waals surface area contributed by atoms with Crippen LogP contribution in [0, 0.1) is 50.7 Å². The first-order valence-electron chi connectivity index (χ1n) is 23.3. The number of rotatable bonds is 7. The zero-order valence-corrected chi connectivity index (χ0v) is 38.4. The molecule has 17 nitrogen and oxygen atoms in total. The van der Waals surface area contributed by atoms with Crippen LogP contribution in [-0.2, 0) is 28.5 Å². The molecule has 19 atom stereocenters. The highest BCUT2D eigenvalue weighted by Gasteiger charge is 2.72. The molecule has 0 bridgehead atoms. The van der Waals surface area contributed by atoms with E-state index in [1.165, 1.54) is 0 Å². The Labute approximate surface area is 379 Å². The Kier molecular flexibility index (Phi) is 12.3. The van der Waals surface area contributed by atoms with E-state index in [9.17, 15) is 60.7 Å². The molecule has 364 valence electrons. The van der Waals surface area contributed by atoms with Gasteiger partial charge in [0.2, 0.25) is 6.29 Å². The Hall–Kier alpha value is -3.10. The molecule has 6 fully saturated rings. The van der Waals surface area contributed by atoms with Crippen LogP contribution in [0.4, 0.5) is 0 Å². The Bertz CT molecular complexity index is 2020. The summed E-state index contributed by atoms with van der Waals surface area (Å²) in [5.41, 5.74) is -3.05. The van der Waals surface area contributed by atoms with Crippen molar-refractivity contribution in [3.05, 3.63) is 29.3 Å². The molecule has 17 heteroatoms. The Morgan fingerprint density at radius 1 is 0.769 bits per heavy atom. The van der Waals surface area contributed by atoms with Crippen LogP contribution in [0.2, 0.25) is 0 Å². The molecule has 7 aliphatic rings. The SMILES string of the molecule is CC1CCC2(C(=O)OC3OC(COC(=O)c4cc(O)c(O)c(O)c4)C(O)C(O)C3O)CCC3(C)C(=CCC4C5(C)CCC(OC6OCC(O)C(O)C6O)C(C)(C)C5CCC43C)C2C1(C)O. The van der Waals surface area contributed by atoms with E-state index < -0.39 is 113 Å². The molecule has 65 heavy (non-hydrogen) atoms. The number of hydrogen-bond donors (Lipinski definition) is 10. The maximum absolute atomic E-state index is 15.0. The number of aliphatic hydroxyl groups is 7. The van der Waals surface area contributed by atoms with Gasteiger partial charge in [-0.25, -0.2) is 4.79 Å². The molecule has 19 unspecified atom stereocenters. The van der Waals surface area contributed by atoms with E-state index in [1.54, 1.807) is 6.92 Å². The van der Waals surface area contributed by atoms with Crippen LogP contribution in [0.5, 0.6) is 17.2 Å². The van der Waals surface area contributed by atoms with Gasteiger partial charge in [0.1, 0.15) is 49.3 Å². The highest BCUT2D eigenvalue weighted by molar-refractivity contribution is 5.91. The first-order valence-corrected chi connectivity index (χ1v) is 23.3. The van der Waals surface area contributed by atoms with Crippen molar-refractivity contribution in [3.63, 3.8) is 0 Å². The monoisotopic (exact) mass is 918 g/mol. The summed E-state index contributed by atoms with van der Waals surface area (Å²) in [5.74, 6) is -4.58. The van der Waals surface area contributed by atoms with E-state index in [4.69, 9.17) is 23.7 Å². The normalized spacial score (nSPS) is 48.1. The predicted molar refractivity (Wildman–Crippen MR) is 228 cm³/mol. The Morgan fingerprint density at radius 3 is 2.11 bits per heavy atom. The molecule has 10 N–H and O–H groups in total. The van der Waals surface area contributed by atoms with Crippen molar-refractivity contribution in [2.24, 2.45) is 50.7 Å². The van der Waals surface area contributed by atoms with Crippen molar-refractivity contribution in [3.8, 4) is 17.2 Å². The van der Waals surface area contributed by atoms with Crippen molar-refractivity contribution in [2.75, 3.05) is 13.2 Å². The number of aliphatic hydroxyl groups excluding tert-OH is 6. The summed E-state index contributed by atoms with van der Waals surface area (Å²) < 4.78 is 29.3. The largest absolute Gasteiger partial charge is 0.504 e. The summed E-state index contributed by atoms with van der Waals surface area (Å²) in [5, 5.41) is 106. The second-order valence-electron chi connectivity index (χ2n) is 22.2. The highest BCUT2D eigenvalue weighted by Crippen LogP contribution is 2.76. The van der Waals surface area contributed by atoms with Gasteiger partial charge >= 0.3 is 11.9 Å². The molecule has 2 heterocycles. The maximum atomic E-state index is 15.0. The standard InChI is InChI=1S/C48H70O17/c1-22-10-15-48(42(59)65-41-37(57)35(55)34(54)28(63-41)21-61-39(58)23-18-25(49)32(52)26(50)19-23)17-16-45(5)24(38(48)47(22,7)60)8-9-30-44(4)13-12-31(43(2,3)29(44)11-14-46(30,45)6)64-40-36(56)33(53)27(51)20-62-40/h8,18-19,22,27-31,33-38,40-41,49-57,60H,9-17,20-21H2,1-7H3. The van der Waals surface area contributed by atoms with Gasteiger partial charge < -0.3 is 74.7 Å². The van der Waals surface area contributed by atoms with Crippen LogP contribution in [0.1, 0.15) is 117 Å². The summed E-state index contributed by atoms with van der Waals surface area (Å²) >= 11 is 0. The number of fused-ring (bicyclic) bond motifs is 7. The van der Waals surface area contributed by atoms with Gasteiger partial charge in [-0.1, -0.05) is 53.2 Å². The van der Waals surface area contributed by atoms with Gasteiger partial charge in [0.05, 0.1) is 29.3 Å². The van der Waals surface area contributed by atoms with Crippen LogP contribution in [0.15, 0.2) is 23.8 Å². The van der Waals surface area contributed by atoms with Crippen molar-refractivity contribution in [1.82, 2.24) is 0 Å². The summed E-state index contributed by atoms with van der Waals surface area (Å²) in [6.07, 6.45) is -5.89. The number of phenols is 3. The van der Waals surface area contributed by atoms with Gasteiger partial charge in [-0.2, -0.15) is 0 Å². The average molecular weight is 919 g/mol. The van der Waals surface area contributed by atoms with Crippen LogP contribution < -0.4 is 0 Å². The summed E-state index contributed by atoms with van der Waals surface area (Å²) in [7, 11) is 0. The molecule has 2 aliphatic heterocycles. The number of benzene rings is 1. The number of phenolic OH excluding ortho intramolecular Hbond substituents is 3. The lowest BCUT2D eigenvalue weighted by molar-refractivity contribution is -0.308. The zero-order valence-electron chi connectivity index (χ0n) is 38.4. The molecular weight excluding hydrogens is 849 g/mol. The first kappa shape index (κ1) is 48.4. The van der Waals surface area contributed by atoms with E-state index in [-0.39, 0.29) is 52.3 Å². The number of carbonyl (C=O) groups excluding carboxylic acids is 2. The van der Waals surface area contributed by atoms with E-state index in [1.807, 2.05) is 6.92 Å². The van der Waals surface area contributed by atoms with E-state index in [2.05, 4.69) is 40.7 Å². The minimum absolute atomic E-state index is 0.128. The molecule has 0 radical (unpaired) electrons. The maximum Gasteiger partial charge on any atom is 0.338 e. The first-order chi connectivity index (χ1) is 30.3. The third kappa shape index (κ3) is 7.32. The zero-order chi connectivity index (χ0) is 47.6. The molecule has 2 saturated heterocycles. The number of esters is 2. The van der Waals surface area contributed by atoms with Crippen LogP contribution in [-0.4, -0.2) is 143 Å². The molecular formula is C48H70O17. The van der Waals surface area contributed by atoms with Gasteiger partial charge in [0, 0.05) is 5.92 Å². The number of hydrogen-bond acceptors (Lipinski definition) is 17. The molecule has 0 amide bonds. The van der Waals surface area contributed by atoms with E-state index >= 15 is 0 Å². The van der Waals surface area contributed by atoms with Crippen LogP contribution in [0.25, 0.3) is 0 Å². The van der Waals surface area contributed by atoms with Gasteiger partial charge in [0.25, 0.3) is 0 Å². The van der Waals surface area contributed by atoms with Crippen LogP contribution in [0.3, 0.4) is 0 Å². The molecule has 1 aromatic carbocycles. The van der Waals surface area contributed by atoms with E-state index in [0.717, 1.165) is 43.4 Å². The molecule has 8 rings (SSSR count). The predicted octanol–water partition coefficient (Wildman–Crippen LogP) is 2.91. The molecule has 4 saturated carbocycles. The van der Waals surface area contributed by atoms with Gasteiger partial charge in [-0.15, -0.1) is 0 Å². The molecule has 0 spiro atoms. The number of ether oxygens (including phenoxy) is 5. The van der Waals surface area contributed by atoms with Gasteiger partial charge in [0.15, 0.2) is 23.5 Å². The second-order valence-corrected chi connectivity index (χ2v) is 22.2. The second kappa shape index (κ2) is 16.6. The quantitative estimate of drug-likeness (QED) is 0.0815. The highest BCUT2D eigenvalue weighted by atomic mass is 16.7. The lowest BCUT2D eigenvalue weighted by Gasteiger charge is -2.72. The van der Waals surface area contributed by atoms with Crippen molar-refractivity contribution in [1.29, 1.82) is 0 Å². The fourth-order valence-corrected chi connectivity index (χ4v) is 14.5. The fraction of sp³-hybridized carbons (Fsp3) is 0.792. The van der Waals surface area contributed by atoms with Gasteiger partial charge in [-0.05, 0) is 116 Å². The summed E-state index contributed by atoms with van der Waals surface area (Å²) in [6, 6.07) is 1.73. The summed E-state index contributed by atoms with van der Waals surface area (Å²) in [6.45, 7) is 14.5. The summed E-state index contributed by atoms with van der Waals surface area (Å²) in [4.78, 5) is 27.8. The Balaban J connectivity index is 1.04. The molecule has 5 aliphatic carbocycles. The number of carbonyl (C=O) groups is 2. The smallest absolute Gasteiger partial charge is 0.338 e. The van der Waals surface area contributed by atoms with Gasteiger partial charge in [-0.3, -0.25) is 4.79 Å². The minimum atomic E-state index is -1.88. The average Bonchev–Trinajstić information content (AvgIpc) is 3.24. The van der Waals surface area contributed by atoms with Crippen molar-refractivity contribution < 1.29 is 84.3 Å². The number of aromatic hydroxyl groups is 3. The van der Waals surface area contributed by atoms with Crippen molar-refractivity contribution >= 4 is 11.9 Å². The van der Waals surface area contributed by atoms with Crippen molar-refractivity contribution in [2.45, 2.75) is 173 Å². The third-order valence-corrected chi connectivity index (χ3v) is 18.7. The topological polar surface area (TPSA) is 283 Å². The Morgan fingerprint density at radius 2 is 1.43 bits per heavy atom. The lowest BCUT2D eigenvalue weighted by Crippen LogP contribution is -2.68. The van der Waals surface area contributed by atoms with E-state index in [0.29, 0.717) is 32.1 Å². The molecule has 1 aromatic rings. The molecule has 0 aromatic heterocycles. The van der Waals surface area contributed by atoms with Crippen LogP contribution >= 0.6 is 0 Å². The third-order valence-electron chi connectivity index (χ3n) is 18.7. The lowest BCUT2D eigenvalue weighted by atomic mass is 9.33. The minimum Gasteiger partial charge on any atom is -0.504 e. The number of allylic oxidation sites excluding steroid dienone is 1. The fourth-order valence-electron chi connectivity index (χ4n) is 14.5.